The summed E-state index contributed by atoms with van der Waals surface area (Å²) in [6.07, 6.45) is 2.70. The summed E-state index contributed by atoms with van der Waals surface area (Å²) in [5.41, 5.74) is 0.565. The van der Waals surface area contributed by atoms with E-state index >= 15 is 0 Å². The van der Waals surface area contributed by atoms with Crippen LogP contribution in [0, 0.1) is 5.82 Å². The number of carbonyl (C=O) groups excluding carboxylic acids is 1. The largest absolute Gasteiger partial charge is 0.334 e. The van der Waals surface area contributed by atoms with Gasteiger partial charge in [0.15, 0.2) is 9.84 Å². The fraction of sp³-hybridized carbons (Fsp3) is 0.650. The molecule has 3 aliphatic rings. The van der Waals surface area contributed by atoms with Gasteiger partial charge in [-0.1, -0.05) is 18.2 Å². The van der Waals surface area contributed by atoms with Gasteiger partial charge in [0.1, 0.15) is 5.82 Å². The zero-order valence-corrected chi connectivity index (χ0v) is 16.9. The zero-order valence-electron chi connectivity index (χ0n) is 16.1. The monoisotopic (exact) mass is 409 g/mol. The molecule has 3 fully saturated rings. The Bertz CT molecular complexity index is 820. The Kier molecular flexibility index (Phi) is 5.71. The van der Waals surface area contributed by atoms with Gasteiger partial charge in [-0.3, -0.25) is 14.6 Å². The van der Waals surface area contributed by atoms with Gasteiger partial charge in [-0.25, -0.2) is 12.8 Å². The second kappa shape index (κ2) is 8.08. The standard InChI is InChI=1S/C20H28FN3O3S/c21-19-4-2-1-3-16(19)13-24(17-5-6-17)20(25)14-22-8-10-23(11-9-22)18-7-12-28(26,27)15-18/h1-4,17-18H,5-15H2/t18-/m0/s1. The number of piperazine rings is 1. The Hall–Kier alpha value is -1.51. The lowest BCUT2D eigenvalue weighted by atomic mass is 10.2. The second-order valence-corrected chi connectivity index (χ2v) is 10.4. The van der Waals surface area contributed by atoms with E-state index in [-0.39, 0.29) is 29.6 Å². The summed E-state index contributed by atoms with van der Waals surface area (Å²) in [4.78, 5) is 19.1. The molecule has 0 aromatic heterocycles. The first-order valence-electron chi connectivity index (χ1n) is 10.1. The van der Waals surface area contributed by atoms with Crippen molar-refractivity contribution in [3.8, 4) is 0 Å². The van der Waals surface area contributed by atoms with Crippen molar-refractivity contribution in [1.82, 2.24) is 14.7 Å². The molecule has 2 aliphatic heterocycles. The van der Waals surface area contributed by atoms with E-state index in [1.807, 2.05) is 4.90 Å². The Morgan fingerprint density at radius 3 is 2.43 bits per heavy atom. The number of benzene rings is 1. The van der Waals surface area contributed by atoms with Gasteiger partial charge in [-0.15, -0.1) is 0 Å². The van der Waals surface area contributed by atoms with Gasteiger partial charge >= 0.3 is 0 Å². The average Bonchev–Trinajstić information content (AvgIpc) is 3.44. The summed E-state index contributed by atoms with van der Waals surface area (Å²) in [7, 11) is -2.87. The minimum atomic E-state index is -2.87. The van der Waals surface area contributed by atoms with Crippen LogP contribution in [0.25, 0.3) is 0 Å². The third-order valence-corrected chi connectivity index (χ3v) is 7.85. The quantitative estimate of drug-likeness (QED) is 0.705. The minimum Gasteiger partial charge on any atom is -0.334 e. The predicted octanol–water partition coefficient (Wildman–Crippen LogP) is 1.12. The molecule has 2 saturated heterocycles. The van der Waals surface area contributed by atoms with Gasteiger partial charge in [-0.2, -0.15) is 0 Å². The molecule has 4 rings (SSSR count). The van der Waals surface area contributed by atoms with E-state index in [9.17, 15) is 17.6 Å². The van der Waals surface area contributed by atoms with Crippen LogP contribution in [0.3, 0.4) is 0 Å². The van der Waals surface area contributed by atoms with Crippen molar-refractivity contribution < 1.29 is 17.6 Å². The molecule has 1 amide bonds. The van der Waals surface area contributed by atoms with Crippen molar-refractivity contribution in [2.75, 3.05) is 44.2 Å². The van der Waals surface area contributed by atoms with Crippen LogP contribution in [-0.4, -0.2) is 85.3 Å². The van der Waals surface area contributed by atoms with E-state index in [1.54, 1.807) is 18.2 Å². The zero-order chi connectivity index (χ0) is 19.7. The highest BCUT2D eigenvalue weighted by molar-refractivity contribution is 7.91. The number of halogens is 1. The van der Waals surface area contributed by atoms with Crippen molar-refractivity contribution in [1.29, 1.82) is 0 Å². The molecule has 154 valence electrons. The highest BCUT2D eigenvalue weighted by Crippen LogP contribution is 2.29. The third kappa shape index (κ3) is 4.72. The maximum atomic E-state index is 14.0. The number of carbonyl (C=O) groups is 1. The molecule has 0 spiro atoms. The Morgan fingerprint density at radius 1 is 1.11 bits per heavy atom. The van der Waals surface area contributed by atoms with E-state index in [0.29, 0.717) is 24.4 Å². The first-order valence-corrected chi connectivity index (χ1v) is 11.9. The first kappa shape index (κ1) is 19.8. The molecule has 1 saturated carbocycles. The normalized spacial score (nSPS) is 25.7. The highest BCUT2D eigenvalue weighted by atomic mass is 32.2. The van der Waals surface area contributed by atoms with Crippen LogP contribution in [0.1, 0.15) is 24.8 Å². The van der Waals surface area contributed by atoms with Crippen molar-refractivity contribution in [3.63, 3.8) is 0 Å². The summed E-state index contributed by atoms with van der Waals surface area (Å²) in [6, 6.07) is 7.01. The van der Waals surface area contributed by atoms with Crippen molar-refractivity contribution >= 4 is 15.7 Å². The molecule has 0 N–H and O–H groups in total. The number of hydrogen-bond donors (Lipinski definition) is 0. The van der Waals surface area contributed by atoms with Crippen molar-refractivity contribution in [3.05, 3.63) is 35.6 Å². The van der Waals surface area contributed by atoms with Gasteiger partial charge in [0.2, 0.25) is 5.91 Å². The smallest absolute Gasteiger partial charge is 0.237 e. The van der Waals surface area contributed by atoms with Gasteiger partial charge < -0.3 is 4.90 Å². The average molecular weight is 410 g/mol. The summed E-state index contributed by atoms with van der Waals surface area (Å²) >= 11 is 0. The lowest BCUT2D eigenvalue weighted by Crippen LogP contribution is -2.53. The van der Waals surface area contributed by atoms with E-state index in [2.05, 4.69) is 9.80 Å². The Labute approximate surface area is 166 Å². The van der Waals surface area contributed by atoms with Crippen LogP contribution in [0.4, 0.5) is 4.39 Å². The van der Waals surface area contributed by atoms with Gasteiger partial charge in [0.05, 0.1) is 18.1 Å². The maximum Gasteiger partial charge on any atom is 0.237 e. The summed E-state index contributed by atoms with van der Waals surface area (Å²) < 4.78 is 37.4. The number of amides is 1. The van der Waals surface area contributed by atoms with Crippen LogP contribution in [-0.2, 0) is 21.2 Å². The summed E-state index contributed by atoms with van der Waals surface area (Å²) in [5.74, 6) is 0.357. The number of nitrogens with zero attached hydrogens (tertiary/aromatic N) is 3. The van der Waals surface area contributed by atoms with Crippen LogP contribution < -0.4 is 0 Å². The maximum absolute atomic E-state index is 14.0. The Morgan fingerprint density at radius 2 is 1.82 bits per heavy atom. The molecule has 2 heterocycles. The fourth-order valence-corrected chi connectivity index (χ4v) is 6.01. The van der Waals surface area contributed by atoms with Crippen LogP contribution in [0.15, 0.2) is 24.3 Å². The Balaban J connectivity index is 1.30. The van der Waals surface area contributed by atoms with E-state index in [4.69, 9.17) is 0 Å². The van der Waals surface area contributed by atoms with E-state index in [1.165, 1.54) is 6.07 Å². The molecule has 1 atom stereocenters. The van der Waals surface area contributed by atoms with E-state index < -0.39 is 9.84 Å². The van der Waals surface area contributed by atoms with Gasteiger partial charge in [-0.05, 0) is 25.3 Å². The number of hydrogen-bond acceptors (Lipinski definition) is 5. The molecular formula is C20H28FN3O3S. The third-order valence-electron chi connectivity index (χ3n) is 6.10. The van der Waals surface area contributed by atoms with Crippen LogP contribution >= 0.6 is 0 Å². The lowest BCUT2D eigenvalue weighted by Gasteiger charge is -2.38. The number of sulfone groups is 1. The van der Waals surface area contributed by atoms with Crippen LogP contribution in [0.2, 0.25) is 0 Å². The molecule has 1 aromatic carbocycles. The summed E-state index contributed by atoms with van der Waals surface area (Å²) in [6.45, 7) is 3.80. The SMILES string of the molecule is O=C(CN1CCN([C@H]2CCS(=O)(=O)C2)CC1)N(Cc1ccccc1F)C1CC1. The topological polar surface area (TPSA) is 60.9 Å². The fourth-order valence-electron chi connectivity index (χ4n) is 4.25. The van der Waals surface area contributed by atoms with Gasteiger partial charge in [0.25, 0.3) is 0 Å². The van der Waals surface area contributed by atoms with Crippen molar-refractivity contribution in [2.24, 2.45) is 0 Å². The molecule has 8 heteroatoms. The summed E-state index contributed by atoms with van der Waals surface area (Å²) in [5, 5.41) is 0. The van der Waals surface area contributed by atoms with Crippen LogP contribution in [0.5, 0.6) is 0 Å². The van der Waals surface area contributed by atoms with Crippen molar-refractivity contribution in [2.45, 2.75) is 37.9 Å². The molecule has 28 heavy (non-hydrogen) atoms. The molecule has 6 nitrogen and oxygen atoms in total. The van der Waals surface area contributed by atoms with E-state index in [0.717, 1.165) is 45.4 Å². The molecule has 0 radical (unpaired) electrons. The molecular weight excluding hydrogens is 381 g/mol. The predicted molar refractivity (Wildman–Crippen MR) is 105 cm³/mol. The minimum absolute atomic E-state index is 0.0580. The highest BCUT2D eigenvalue weighted by Gasteiger charge is 2.36. The number of rotatable bonds is 6. The second-order valence-electron chi connectivity index (χ2n) is 8.21. The molecule has 1 aliphatic carbocycles. The molecule has 0 unspecified atom stereocenters. The van der Waals surface area contributed by atoms with Gasteiger partial charge in [0, 0.05) is 50.4 Å². The first-order chi connectivity index (χ1) is 13.4. The molecule has 0 bridgehead atoms. The molecule has 1 aromatic rings. The lowest BCUT2D eigenvalue weighted by molar-refractivity contribution is -0.134.